The fraction of sp³-hybridized carbons (Fsp3) is 0.0833. The number of hydrogen-bond donors (Lipinski definition) is 3. The third-order valence-corrected chi connectivity index (χ3v) is 4.78. The normalized spacial score (nSPS) is 10.6. The van der Waals surface area contributed by atoms with Crippen molar-refractivity contribution in [1.82, 2.24) is 25.6 Å². The number of rotatable bonds is 7. The van der Waals surface area contributed by atoms with Crippen molar-refractivity contribution in [2.45, 2.75) is 12.6 Å². The second-order valence-electron chi connectivity index (χ2n) is 6.86. The lowest BCUT2D eigenvalue weighted by molar-refractivity contribution is 0.0906. The van der Waals surface area contributed by atoms with Crippen LogP contribution >= 0.6 is 0 Å². The molecule has 0 radical (unpaired) electrons. The molecule has 0 spiro atoms. The van der Waals surface area contributed by atoms with E-state index in [1.54, 1.807) is 12.3 Å². The molecule has 0 fully saturated rings. The second kappa shape index (κ2) is 9.49. The molecule has 0 atom stereocenters. The van der Waals surface area contributed by atoms with Crippen LogP contribution in [0.15, 0.2) is 91.4 Å². The van der Waals surface area contributed by atoms with Gasteiger partial charge in [-0.3, -0.25) is 14.6 Å². The number of pyridine rings is 1. The van der Waals surface area contributed by atoms with Crippen molar-refractivity contribution in [1.29, 1.82) is 0 Å². The predicted molar refractivity (Wildman–Crippen MR) is 116 cm³/mol. The maximum absolute atomic E-state index is 13.1. The third-order valence-electron chi connectivity index (χ3n) is 4.78. The van der Waals surface area contributed by atoms with Crippen LogP contribution in [0.5, 0.6) is 0 Å². The number of hydrogen-bond acceptors (Lipinski definition) is 4. The lowest BCUT2D eigenvalue weighted by Gasteiger charge is -2.19. The SMILES string of the molecule is O=C(NC(c1ccccc1)c1ccccc1)c1nc[nH]c1C(=O)NCc1ccccn1. The van der Waals surface area contributed by atoms with Gasteiger partial charge in [0.25, 0.3) is 11.8 Å². The van der Waals surface area contributed by atoms with Gasteiger partial charge in [0, 0.05) is 6.20 Å². The Morgan fingerprint density at radius 1 is 0.806 bits per heavy atom. The van der Waals surface area contributed by atoms with Crippen LogP contribution in [0.2, 0.25) is 0 Å². The number of aromatic amines is 1. The summed E-state index contributed by atoms with van der Waals surface area (Å²) in [5, 5.41) is 5.77. The van der Waals surface area contributed by atoms with Gasteiger partial charge in [-0.25, -0.2) is 4.98 Å². The maximum atomic E-state index is 13.1. The minimum atomic E-state index is -0.443. The number of imidazole rings is 1. The number of nitrogens with one attached hydrogen (secondary N) is 3. The van der Waals surface area contributed by atoms with Crippen LogP contribution in [0.3, 0.4) is 0 Å². The molecule has 154 valence electrons. The van der Waals surface area contributed by atoms with Crippen molar-refractivity contribution in [2.75, 3.05) is 0 Å². The summed E-state index contributed by atoms with van der Waals surface area (Å²) in [7, 11) is 0. The lowest BCUT2D eigenvalue weighted by Crippen LogP contribution is -2.32. The fourth-order valence-electron chi connectivity index (χ4n) is 3.25. The molecule has 0 saturated carbocycles. The maximum Gasteiger partial charge on any atom is 0.273 e. The summed E-state index contributed by atoms with van der Waals surface area (Å²) in [6.45, 7) is 0.246. The van der Waals surface area contributed by atoms with Crippen LogP contribution in [0.1, 0.15) is 43.8 Å². The molecule has 2 heterocycles. The zero-order chi connectivity index (χ0) is 21.5. The summed E-state index contributed by atoms with van der Waals surface area (Å²) in [6, 6.07) is 24.4. The Hall–Kier alpha value is -4.26. The molecule has 2 aromatic heterocycles. The zero-order valence-corrected chi connectivity index (χ0v) is 16.7. The van der Waals surface area contributed by atoms with Crippen molar-refractivity contribution < 1.29 is 9.59 Å². The molecular formula is C24H21N5O2. The van der Waals surface area contributed by atoms with Crippen molar-refractivity contribution in [3.8, 4) is 0 Å². The van der Waals surface area contributed by atoms with E-state index < -0.39 is 11.8 Å². The summed E-state index contributed by atoms with van der Waals surface area (Å²) >= 11 is 0. The first-order chi connectivity index (χ1) is 15.2. The number of aromatic nitrogens is 3. The van der Waals surface area contributed by atoms with Crippen LogP contribution in [0.4, 0.5) is 0 Å². The zero-order valence-electron chi connectivity index (χ0n) is 16.7. The lowest BCUT2D eigenvalue weighted by atomic mass is 9.98. The number of amides is 2. The molecule has 0 aliphatic carbocycles. The molecular weight excluding hydrogens is 390 g/mol. The molecule has 7 heteroatoms. The van der Waals surface area contributed by atoms with E-state index >= 15 is 0 Å². The molecule has 4 rings (SSSR count). The first-order valence-corrected chi connectivity index (χ1v) is 9.84. The van der Waals surface area contributed by atoms with Crippen molar-refractivity contribution >= 4 is 11.8 Å². The third kappa shape index (κ3) is 4.84. The summed E-state index contributed by atoms with van der Waals surface area (Å²) in [4.78, 5) is 36.8. The molecule has 0 bridgehead atoms. The number of nitrogens with zero attached hydrogens (tertiary/aromatic N) is 2. The van der Waals surface area contributed by atoms with Crippen molar-refractivity contribution in [3.63, 3.8) is 0 Å². The quantitative estimate of drug-likeness (QED) is 0.435. The van der Waals surface area contributed by atoms with Gasteiger partial charge in [0.2, 0.25) is 0 Å². The standard InChI is InChI=1S/C24H21N5O2/c30-23(26-15-19-13-7-8-14-25-19)21-22(28-16-27-21)24(31)29-20(17-9-3-1-4-10-17)18-11-5-2-6-12-18/h1-14,16,20H,15H2,(H,26,30)(H,27,28)(H,29,31). The molecule has 2 amide bonds. The number of carbonyl (C=O) groups is 2. The smallest absolute Gasteiger partial charge is 0.273 e. The van der Waals surface area contributed by atoms with Gasteiger partial charge in [0.05, 0.1) is 24.6 Å². The van der Waals surface area contributed by atoms with E-state index in [-0.39, 0.29) is 24.0 Å². The minimum Gasteiger partial charge on any atom is -0.345 e. The van der Waals surface area contributed by atoms with Crippen LogP contribution < -0.4 is 10.6 Å². The van der Waals surface area contributed by atoms with Gasteiger partial charge in [0.1, 0.15) is 5.69 Å². The largest absolute Gasteiger partial charge is 0.345 e. The molecule has 3 N–H and O–H groups in total. The predicted octanol–water partition coefficient (Wildman–Crippen LogP) is 3.25. The van der Waals surface area contributed by atoms with Crippen LogP contribution in [-0.2, 0) is 6.54 Å². The van der Waals surface area contributed by atoms with Crippen molar-refractivity contribution in [2.24, 2.45) is 0 Å². The molecule has 0 aliphatic heterocycles. The Balaban J connectivity index is 1.53. The Labute approximate surface area is 179 Å². The summed E-state index contributed by atoms with van der Waals surface area (Å²) < 4.78 is 0. The van der Waals surface area contributed by atoms with E-state index in [2.05, 4.69) is 25.6 Å². The van der Waals surface area contributed by atoms with Gasteiger partial charge in [0.15, 0.2) is 5.69 Å². The van der Waals surface area contributed by atoms with E-state index in [1.165, 1.54) is 6.33 Å². The molecule has 0 unspecified atom stereocenters. The summed E-state index contributed by atoms with van der Waals surface area (Å²) in [5.41, 5.74) is 2.72. The molecule has 7 nitrogen and oxygen atoms in total. The fourth-order valence-corrected chi connectivity index (χ4v) is 3.25. The van der Waals surface area contributed by atoms with Crippen LogP contribution in [-0.4, -0.2) is 26.8 Å². The highest BCUT2D eigenvalue weighted by Gasteiger charge is 2.24. The second-order valence-corrected chi connectivity index (χ2v) is 6.86. The van der Waals surface area contributed by atoms with E-state index in [9.17, 15) is 9.59 Å². The summed E-state index contributed by atoms with van der Waals surface area (Å²) in [5.74, 6) is -0.869. The average Bonchev–Trinajstić information content (AvgIpc) is 3.33. The molecule has 0 saturated heterocycles. The molecule has 31 heavy (non-hydrogen) atoms. The Bertz CT molecular complexity index is 1100. The molecule has 0 aliphatic rings. The highest BCUT2D eigenvalue weighted by Crippen LogP contribution is 2.22. The van der Waals surface area contributed by atoms with Gasteiger partial charge in [-0.2, -0.15) is 0 Å². The van der Waals surface area contributed by atoms with E-state index in [0.29, 0.717) is 0 Å². The minimum absolute atomic E-state index is 0.0374. The van der Waals surface area contributed by atoms with E-state index in [1.807, 2.05) is 72.8 Å². The van der Waals surface area contributed by atoms with Gasteiger partial charge >= 0.3 is 0 Å². The van der Waals surface area contributed by atoms with Gasteiger partial charge < -0.3 is 15.6 Å². The highest BCUT2D eigenvalue weighted by molar-refractivity contribution is 6.04. The Morgan fingerprint density at radius 3 is 2.06 bits per heavy atom. The van der Waals surface area contributed by atoms with Crippen LogP contribution in [0.25, 0.3) is 0 Å². The Morgan fingerprint density at radius 2 is 1.45 bits per heavy atom. The molecule has 4 aromatic rings. The number of benzene rings is 2. The topological polar surface area (TPSA) is 99.8 Å². The van der Waals surface area contributed by atoms with Gasteiger partial charge in [-0.15, -0.1) is 0 Å². The highest BCUT2D eigenvalue weighted by atomic mass is 16.2. The Kier molecular flexibility index (Phi) is 6.13. The first-order valence-electron chi connectivity index (χ1n) is 9.84. The molecule has 2 aromatic carbocycles. The van der Waals surface area contributed by atoms with Crippen molar-refractivity contribution in [3.05, 3.63) is 120 Å². The number of carbonyl (C=O) groups excluding carboxylic acids is 2. The van der Waals surface area contributed by atoms with Gasteiger partial charge in [-0.05, 0) is 23.3 Å². The van der Waals surface area contributed by atoms with Gasteiger partial charge in [-0.1, -0.05) is 66.7 Å². The first kappa shape index (κ1) is 20.0. The van der Waals surface area contributed by atoms with Crippen LogP contribution in [0, 0.1) is 0 Å². The average molecular weight is 411 g/mol. The monoisotopic (exact) mass is 411 g/mol. The van der Waals surface area contributed by atoms with E-state index in [0.717, 1.165) is 16.8 Å². The van der Waals surface area contributed by atoms with E-state index in [4.69, 9.17) is 0 Å². The summed E-state index contributed by atoms with van der Waals surface area (Å²) in [6.07, 6.45) is 2.99. The number of H-pyrrole nitrogens is 1.